The molecule has 1 aliphatic rings. The average Bonchev–Trinajstić information content (AvgIpc) is 2.73. The second-order valence-electron chi connectivity index (χ2n) is 6.38. The van der Waals surface area contributed by atoms with Gasteiger partial charge >= 0.3 is 0 Å². The van der Waals surface area contributed by atoms with E-state index in [4.69, 9.17) is 16.3 Å². The fourth-order valence-electron chi connectivity index (χ4n) is 3.06. The van der Waals surface area contributed by atoms with Crippen LogP contribution in [0.5, 0.6) is 5.75 Å². The van der Waals surface area contributed by atoms with Crippen LogP contribution in [-0.4, -0.2) is 51.9 Å². The summed E-state index contributed by atoms with van der Waals surface area (Å²) in [6.07, 6.45) is 3.07. The molecule has 0 spiro atoms. The number of H-pyrrole nitrogens is 1. The van der Waals surface area contributed by atoms with E-state index in [9.17, 15) is 9.59 Å². The Balaban J connectivity index is 1.52. The largest absolute Gasteiger partial charge is 0.486 e. The van der Waals surface area contributed by atoms with E-state index < -0.39 is 0 Å². The number of amides is 1. The Morgan fingerprint density at radius 1 is 1.25 bits per heavy atom. The van der Waals surface area contributed by atoms with Gasteiger partial charge in [0.15, 0.2) is 0 Å². The van der Waals surface area contributed by atoms with Gasteiger partial charge in [0, 0.05) is 32.4 Å². The Hall–Kier alpha value is -2.97. The number of nitrogens with one attached hydrogen (secondary N) is 2. The predicted molar refractivity (Wildman–Crippen MR) is 105 cm³/mol. The van der Waals surface area contributed by atoms with E-state index in [1.54, 1.807) is 35.4 Å². The molecule has 4 rings (SSSR count). The SMILES string of the molecule is O=C(c1cc(OCc2nc3cnccc3c(=O)[nH]2)ccc1Cl)N1CCNCC1. The molecule has 0 saturated carbocycles. The molecule has 0 unspecified atom stereocenters. The predicted octanol–water partition coefficient (Wildman–Crippen LogP) is 1.60. The zero-order chi connectivity index (χ0) is 19.5. The minimum absolute atomic E-state index is 0.0446. The summed E-state index contributed by atoms with van der Waals surface area (Å²) in [7, 11) is 0. The molecule has 9 heteroatoms. The summed E-state index contributed by atoms with van der Waals surface area (Å²) >= 11 is 6.23. The lowest BCUT2D eigenvalue weighted by atomic mass is 10.1. The van der Waals surface area contributed by atoms with E-state index >= 15 is 0 Å². The molecule has 1 aromatic carbocycles. The fourth-order valence-corrected chi connectivity index (χ4v) is 3.25. The minimum atomic E-state index is -0.253. The number of aromatic nitrogens is 3. The van der Waals surface area contributed by atoms with Crippen molar-refractivity contribution in [3.63, 3.8) is 0 Å². The molecule has 1 aliphatic heterocycles. The topological polar surface area (TPSA) is 100 Å². The average molecular weight is 400 g/mol. The third kappa shape index (κ3) is 3.83. The summed E-state index contributed by atoms with van der Waals surface area (Å²) in [5.41, 5.74) is 0.637. The van der Waals surface area contributed by atoms with E-state index in [2.05, 4.69) is 20.3 Å². The maximum Gasteiger partial charge on any atom is 0.258 e. The number of pyridine rings is 1. The Kier molecular flexibility index (Phi) is 5.23. The van der Waals surface area contributed by atoms with Gasteiger partial charge in [0.2, 0.25) is 0 Å². The summed E-state index contributed by atoms with van der Waals surface area (Å²) in [4.78, 5) is 37.6. The first-order chi connectivity index (χ1) is 13.6. The van der Waals surface area contributed by atoms with Crippen molar-refractivity contribution in [3.05, 3.63) is 63.4 Å². The van der Waals surface area contributed by atoms with E-state index in [0.29, 0.717) is 46.2 Å². The Bertz CT molecular complexity index is 1080. The lowest BCUT2D eigenvalue weighted by Crippen LogP contribution is -2.46. The highest BCUT2D eigenvalue weighted by atomic mass is 35.5. The molecular weight excluding hydrogens is 382 g/mol. The monoisotopic (exact) mass is 399 g/mol. The first-order valence-electron chi connectivity index (χ1n) is 8.87. The quantitative estimate of drug-likeness (QED) is 0.691. The number of ether oxygens (including phenoxy) is 1. The number of hydrogen-bond donors (Lipinski definition) is 2. The summed E-state index contributed by atoms with van der Waals surface area (Å²) < 4.78 is 5.73. The molecule has 1 amide bonds. The second kappa shape index (κ2) is 7.95. The normalized spacial score (nSPS) is 14.2. The molecule has 8 nitrogen and oxygen atoms in total. The molecule has 1 saturated heterocycles. The van der Waals surface area contributed by atoms with Crippen molar-refractivity contribution >= 4 is 28.4 Å². The van der Waals surface area contributed by atoms with Crippen LogP contribution in [0.1, 0.15) is 16.2 Å². The van der Waals surface area contributed by atoms with Gasteiger partial charge in [0.1, 0.15) is 18.2 Å². The lowest BCUT2D eigenvalue weighted by molar-refractivity contribution is 0.0735. The number of benzene rings is 1. The van der Waals surface area contributed by atoms with Crippen molar-refractivity contribution in [1.82, 2.24) is 25.2 Å². The van der Waals surface area contributed by atoms with E-state index in [0.717, 1.165) is 13.1 Å². The first kappa shape index (κ1) is 18.4. The van der Waals surface area contributed by atoms with Gasteiger partial charge in [0.05, 0.1) is 27.7 Å². The fraction of sp³-hybridized carbons (Fsp3) is 0.263. The summed E-state index contributed by atoms with van der Waals surface area (Å²) in [5, 5.41) is 4.05. The highest BCUT2D eigenvalue weighted by molar-refractivity contribution is 6.33. The number of nitrogens with zero attached hydrogens (tertiary/aromatic N) is 3. The van der Waals surface area contributed by atoms with Gasteiger partial charge < -0.3 is 19.9 Å². The standard InChI is InChI=1S/C19H18ClN5O3/c20-15-2-1-12(9-14(15)19(27)25-7-5-21-6-8-25)28-11-17-23-16-10-22-4-3-13(16)18(26)24-17/h1-4,9-10,21H,5-8,11H2,(H,23,24,26). The van der Waals surface area contributed by atoms with Crippen molar-refractivity contribution in [3.8, 4) is 5.75 Å². The minimum Gasteiger partial charge on any atom is -0.486 e. The van der Waals surface area contributed by atoms with Gasteiger partial charge in [-0.3, -0.25) is 14.6 Å². The second-order valence-corrected chi connectivity index (χ2v) is 6.79. The van der Waals surface area contributed by atoms with Crippen molar-refractivity contribution in [2.75, 3.05) is 26.2 Å². The van der Waals surface area contributed by atoms with E-state index in [-0.39, 0.29) is 18.1 Å². The van der Waals surface area contributed by atoms with Gasteiger partial charge in [0.25, 0.3) is 11.5 Å². The molecule has 1 fully saturated rings. The van der Waals surface area contributed by atoms with Crippen LogP contribution in [0.4, 0.5) is 0 Å². The van der Waals surface area contributed by atoms with Crippen LogP contribution in [0.25, 0.3) is 10.9 Å². The number of rotatable bonds is 4. The zero-order valence-electron chi connectivity index (χ0n) is 14.9. The van der Waals surface area contributed by atoms with Crippen molar-refractivity contribution in [2.24, 2.45) is 0 Å². The van der Waals surface area contributed by atoms with Crippen molar-refractivity contribution in [2.45, 2.75) is 6.61 Å². The molecular formula is C19H18ClN5O3. The van der Waals surface area contributed by atoms with Crippen LogP contribution in [0.2, 0.25) is 5.02 Å². The Morgan fingerprint density at radius 2 is 2.07 bits per heavy atom. The summed E-state index contributed by atoms with van der Waals surface area (Å²) in [6, 6.07) is 6.54. The van der Waals surface area contributed by atoms with Crippen LogP contribution < -0.4 is 15.6 Å². The molecule has 28 heavy (non-hydrogen) atoms. The Labute approximate surface area is 165 Å². The maximum atomic E-state index is 12.7. The van der Waals surface area contributed by atoms with Crippen molar-refractivity contribution < 1.29 is 9.53 Å². The van der Waals surface area contributed by atoms with Gasteiger partial charge in [-0.2, -0.15) is 0 Å². The van der Waals surface area contributed by atoms with Crippen LogP contribution in [-0.2, 0) is 6.61 Å². The number of halogens is 1. The van der Waals surface area contributed by atoms with E-state index in [1.165, 1.54) is 6.20 Å². The van der Waals surface area contributed by atoms with Gasteiger partial charge in [-0.15, -0.1) is 0 Å². The third-order valence-corrected chi connectivity index (χ3v) is 4.84. The first-order valence-corrected chi connectivity index (χ1v) is 9.25. The number of carbonyl (C=O) groups is 1. The molecule has 2 aromatic heterocycles. The number of hydrogen-bond acceptors (Lipinski definition) is 6. The molecule has 0 radical (unpaired) electrons. The lowest BCUT2D eigenvalue weighted by Gasteiger charge is -2.27. The number of fused-ring (bicyclic) bond motifs is 1. The van der Waals surface area contributed by atoms with Gasteiger partial charge in [-0.05, 0) is 24.3 Å². The number of piperazine rings is 1. The molecule has 0 aliphatic carbocycles. The number of aromatic amines is 1. The van der Waals surface area contributed by atoms with Crippen LogP contribution in [0.15, 0.2) is 41.5 Å². The highest BCUT2D eigenvalue weighted by Crippen LogP contribution is 2.24. The molecule has 2 N–H and O–H groups in total. The zero-order valence-corrected chi connectivity index (χ0v) is 15.7. The van der Waals surface area contributed by atoms with Crippen LogP contribution >= 0.6 is 11.6 Å². The Morgan fingerprint density at radius 3 is 2.89 bits per heavy atom. The molecule has 3 aromatic rings. The van der Waals surface area contributed by atoms with Gasteiger partial charge in [-0.1, -0.05) is 11.6 Å². The molecule has 0 bridgehead atoms. The van der Waals surface area contributed by atoms with Crippen molar-refractivity contribution in [1.29, 1.82) is 0 Å². The molecule has 144 valence electrons. The smallest absolute Gasteiger partial charge is 0.258 e. The van der Waals surface area contributed by atoms with Gasteiger partial charge in [-0.25, -0.2) is 4.98 Å². The summed E-state index contributed by atoms with van der Waals surface area (Å²) in [6.45, 7) is 2.83. The summed E-state index contributed by atoms with van der Waals surface area (Å²) in [5.74, 6) is 0.715. The highest BCUT2D eigenvalue weighted by Gasteiger charge is 2.21. The van der Waals surface area contributed by atoms with Crippen LogP contribution in [0, 0.1) is 0 Å². The third-order valence-electron chi connectivity index (χ3n) is 4.51. The molecule has 0 atom stereocenters. The maximum absolute atomic E-state index is 12.7. The van der Waals surface area contributed by atoms with E-state index in [1.807, 2.05) is 0 Å². The van der Waals surface area contributed by atoms with Crippen LogP contribution in [0.3, 0.4) is 0 Å². The molecule has 3 heterocycles. The number of carbonyl (C=O) groups excluding carboxylic acids is 1.